The topological polar surface area (TPSA) is 129 Å². The quantitative estimate of drug-likeness (QED) is 0.717. The lowest BCUT2D eigenvalue weighted by Gasteiger charge is -2.08. The molecular weight excluding hydrogens is 260 g/mol. The Balaban J connectivity index is 2.09. The molecular formula is C12H14N6O2. The van der Waals surface area contributed by atoms with Gasteiger partial charge in [-0.15, -0.1) is 5.10 Å². The Hall–Kier alpha value is -2.90. The molecule has 0 bridgehead atoms. The van der Waals surface area contributed by atoms with E-state index in [2.05, 4.69) is 15.6 Å². The molecule has 8 nitrogen and oxygen atoms in total. The fourth-order valence-corrected chi connectivity index (χ4v) is 1.65. The Morgan fingerprint density at radius 2 is 2.05 bits per heavy atom. The normalized spacial score (nSPS) is 10.2. The standard InChI is InChI=1S/C12H14N6O2/c1-7-4-2-3-5-8(7)15-9(19)6-18-11(13)10(12(14)20)16-17-18/h2-5H,6,13H2,1H3,(H2,14,20)(H,15,19). The van der Waals surface area contributed by atoms with Crippen LogP contribution in [0.25, 0.3) is 0 Å². The van der Waals surface area contributed by atoms with E-state index >= 15 is 0 Å². The smallest absolute Gasteiger partial charge is 0.273 e. The van der Waals surface area contributed by atoms with E-state index in [1.807, 2.05) is 25.1 Å². The maximum Gasteiger partial charge on any atom is 0.273 e. The number of nitrogens with zero attached hydrogens (tertiary/aromatic N) is 3. The van der Waals surface area contributed by atoms with Gasteiger partial charge in [0.15, 0.2) is 11.5 Å². The van der Waals surface area contributed by atoms with Gasteiger partial charge in [0, 0.05) is 5.69 Å². The monoisotopic (exact) mass is 274 g/mol. The first-order valence-corrected chi connectivity index (χ1v) is 5.83. The Kier molecular flexibility index (Phi) is 3.65. The fourth-order valence-electron chi connectivity index (χ4n) is 1.65. The van der Waals surface area contributed by atoms with Gasteiger partial charge in [0.05, 0.1) is 0 Å². The molecule has 5 N–H and O–H groups in total. The fraction of sp³-hybridized carbons (Fsp3) is 0.167. The van der Waals surface area contributed by atoms with Gasteiger partial charge >= 0.3 is 0 Å². The van der Waals surface area contributed by atoms with Crippen molar-refractivity contribution in [2.24, 2.45) is 5.73 Å². The molecule has 2 amide bonds. The number of benzene rings is 1. The van der Waals surface area contributed by atoms with Crippen LogP contribution in [-0.2, 0) is 11.3 Å². The minimum atomic E-state index is -0.784. The van der Waals surface area contributed by atoms with Crippen molar-refractivity contribution < 1.29 is 9.59 Å². The Morgan fingerprint density at radius 3 is 2.65 bits per heavy atom. The van der Waals surface area contributed by atoms with Crippen LogP contribution in [0.4, 0.5) is 11.5 Å². The van der Waals surface area contributed by atoms with E-state index in [-0.39, 0.29) is 24.0 Å². The number of nitrogens with one attached hydrogen (secondary N) is 1. The third-order valence-corrected chi connectivity index (χ3v) is 2.72. The lowest BCUT2D eigenvalue weighted by atomic mass is 10.2. The molecule has 20 heavy (non-hydrogen) atoms. The van der Waals surface area contributed by atoms with Gasteiger partial charge in [0.2, 0.25) is 5.91 Å². The Labute approximate surface area is 114 Å². The highest BCUT2D eigenvalue weighted by Gasteiger charge is 2.16. The zero-order valence-corrected chi connectivity index (χ0v) is 10.8. The van der Waals surface area contributed by atoms with Crippen LogP contribution in [-0.4, -0.2) is 26.8 Å². The molecule has 0 saturated heterocycles. The van der Waals surface area contributed by atoms with Crippen LogP contribution in [0, 0.1) is 6.92 Å². The zero-order chi connectivity index (χ0) is 14.7. The maximum atomic E-state index is 11.9. The molecule has 8 heteroatoms. The van der Waals surface area contributed by atoms with Crippen molar-refractivity contribution in [1.29, 1.82) is 0 Å². The number of carbonyl (C=O) groups is 2. The van der Waals surface area contributed by atoms with Crippen LogP contribution in [0.5, 0.6) is 0 Å². The predicted molar refractivity (Wildman–Crippen MR) is 72.8 cm³/mol. The van der Waals surface area contributed by atoms with Gasteiger partial charge in [-0.3, -0.25) is 9.59 Å². The van der Waals surface area contributed by atoms with Gasteiger partial charge in [0.25, 0.3) is 5.91 Å². The van der Waals surface area contributed by atoms with E-state index < -0.39 is 5.91 Å². The Bertz CT molecular complexity index is 664. The summed E-state index contributed by atoms with van der Waals surface area (Å²) in [7, 11) is 0. The summed E-state index contributed by atoms with van der Waals surface area (Å²) >= 11 is 0. The average Bonchev–Trinajstić information content (AvgIpc) is 2.74. The minimum absolute atomic E-state index is 0.0302. The number of anilines is 2. The van der Waals surface area contributed by atoms with E-state index in [4.69, 9.17) is 11.5 Å². The summed E-state index contributed by atoms with van der Waals surface area (Å²) in [6.07, 6.45) is 0. The largest absolute Gasteiger partial charge is 0.382 e. The average molecular weight is 274 g/mol. The van der Waals surface area contributed by atoms with Crippen LogP contribution >= 0.6 is 0 Å². The van der Waals surface area contributed by atoms with E-state index in [0.717, 1.165) is 10.2 Å². The number of rotatable bonds is 4. The number of hydrogen-bond donors (Lipinski definition) is 3. The number of amides is 2. The number of nitrogen functional groups attached to an aromatic ring is 1. The van der Waals surface area contributed by atoms with Gasteiger partial charge < -0.3 is 16.8 Å². The number of aromatic nitrogens is 3. The summed E-state index contributed by atoms with van der Waals surface area (Å²) in [5.74, 6) is -1.14. The molecule has 0 spiro atoms. The van der Waals surface area contributed by atoms with Crippen LogP contribution in [0.15, 0.2) is 24.3 Å². The molecule has 1 heterocycles. The highest BCUT2D eigenvalue weighted by atomic mass is 16.2. The molecule has 0 radical (unpaired) electrons. The highest BCUT2D eigenvalue weighted by Crippen LogP contribution is 2.13. The number of aryl methyl sites for hydroxylation is 1. The molecule has 0 atom stereocenters. The second kappa shape index (κ2) is 5.39. The number of carbonyl (C=O) groups excluding carboxylic acids is 2. The van der Waals surface area contributed by atoms with Gasteiger partial charge in [-0.1, -0.05) is 23.4 Å². The molecule has 1 aromatic heterocycles. The van der Waals surface area contributed by atoms with E-state index in [1.54, 1.807) is 6.07 Å². The lowest BCUT2D eigenvalue weighted by Crippen LogP contribution is -2.21. The molecule has 0 fully saturated rings. The van der Waals surface area contributed by atoms with Gasteiger partial charge in [0.1, 0.15) is 6.54 Å². The molecule has 0 aliphatic heterocycles. The second-order valence-electron chi connectivity index (χ2n) is 4.21. The molecule has 1 aromatic carbocycles. The van der Waals surface area contributed by atoms with Crippen LogP contribution in [0.3, 0.4) is 0 Å². The molecule has 104 valence electrons. The van der Waals surface area contributed by atoms with Crippen LogP contribution < -0.4 is 16.8 Å². The maximum absolute atomic E-state index is 11.9. The van der Waals surface area contributed by atoms with Crippen LogP contribution in [0.2, 0.25) is 0 Å². The van der Waals surface area contributed by atoms with E-state index in [9.17, 15) is 9.59 Å². The second-order valence-corrected chi connectivity index (χ2v) is 4.21. The summed E-state index contributed by atoms with van der Waals surface area (Å²) < 4.78 is 1.12. The molecule has 2 aromatic rings. The van der Waals surface area contributed by atoms with Gasteiger partial charge in [-0.2, -0.15) is 0 Å². The third kappa shape index (κ3) is 2.74. The van der Waals surface area contributed by atoms with Gasteiger partial charge in [-0.05, 0) is 18.6 Å². The summed E-state index contributed by atoms with van der Waals surface area (Å²) in [4.78, 5) is 22.9. The van der Waals surface area contributed by atoms with Crippen molar-refractivity contribution in [2.45, 2.75) is 13.5 Å². The predicted octanol–water partition coefficient (Wildman–Crippen LogP) is -0.0937. The summed E-state index contributed by atoms with van der Waals surface area (Å²) in [6.45, 7) is 1.73. The molecule has 0 unspecified atom stereocenters. The summed E-state index contributed by atoms with van der Waals surface area (Å²) in [5.41, 5.74) is 12.2. The summed E-state index contributed by atoms with van der Waals surface area (Å²) in [5, 5.41) is 9.87. The molecule has 0 saturated carbocycles. The molecule has 0 aliphatic rings. The van der Waals surface area contributed by atoms with Crippen molar-refractivity contribution in [3.63, 3.8) is 0 Å². The van der Waals surface area contributed by atoms with Crippen molar-refractivity contribution >= 4 is 23.3 Å². The van der Waals surface area contributed by atoms with E-state index in [1.165, 1.54) is 0 Å². The zero-order valence-electron chi connectivity index (χ0n) is 10.8. The van der Waals surface area contributed by atoms with Crippen molar-refractivity contribution in [2.75, 3.05) is 11.1 Å². The summed E-state index contributed by atoms with van der Waals surface area (Å²) in [6, 6.07) is 7.36. The minimum Gasteiger partial charge on any atom is -0.382 e. The van der Waals surface area contributed by atoms with Gasteiger partial charge in [-0.25, -0.2) is 4.68 Å². The number of primary amides is 1. The first kappa shape index (κ1) is 13.5. The Morgan fingerprint density at radius 1 is 1.35 bits per heavy atom. The highest BCUT2D eigenvalue weighted by molar-refractivity contribution is 5.95. The third-order valence-electron chi connectivity index (χ3n) is 2.72. The number of nitrogens with two attached hydrogens (primary N) is 2. The first-order chi connectivity index (χ1) is 9.49. The number of para-hydroxylation sites is 1. The lowest BCUT2D eigenvalue weighted by molar-refractivity contribution is -0.116. The number of hydrogen-bond acceptors (Lipinski definition) is 5. The SMILES string of the molecule is Cc1ccccc1NC(=O)Cn1nnc(C(N)=O)c1N. The van der Waals surface area contributed by atoms with Crippen molar-refractivity contribution in [1.82, 2.24) is 15.0 Å². The molecule has 2 rings (SSSR count). The van der Waals surface area contributed by atoms with Crippen molar-refractivity contribution in [3.8, 4) is 0 Å². The van der Waals surface area contributed by atoms with E-state index in [0.29, 0.717) is 5.69 Å². The first-order valence-electron chi connectivity index (χ1n) is 5.83. The van der Waals surface area contributed by atoms with Crippen LogP contribution in [0.1, 0.15) is 16.1 Å². The molecule has 0 aliphatic carbocycles. The van der Waals surface area contributed by atoms with Crippen molar-refractivity contribution in [3.05, 3.63) is 35.5 Å².